The molecule has 0 atom stereocenters. The zero-order valence-corrected chi connectivity index (χ0v) is 12.3. The van der Waals surface area contributed by atoms with Crippen molar-refractivity contribution in [2.75, 3.05) is 23.7 Å². The summed E-state index contributed by atoms with van der Waals surface area (Å²) in [4.78, 5) is 6.88. The Hall–Kier alpha value is -2.49. The van der Waals surface area contributed by atoms with Crippen molar-refractivity contribution in [3.63, 3.8) is 0 Å². The number of hydrogen-bond donors (Lipinski definition) is 1. The zero-order valence-electron chi connectivity index (χ0n) is 12.3. The van der Waals surface area contributed by atoms with E-state index >= 15 is 0 Å². The Morgan fingerprint density at radius 3 is 2.43 bits per heavy atom. The molecule has 0 unspecified atom stereocenters. The van der Waals surface area contributed by atoms with Gasteiger partial charge in [0.1, 0.15) is 5.52 Å². The molecule has 108 valence electrons. The molecular formula is C17H19N3O. The highest BCUT2D eigenvalue weighted by atomic mass is 16.3. The van der Waals surface area contributed by atoms with Crippen LogP contribution < -0.4 is 10.6 Å². The number of benzene rings is 2. The van der Waals surface area contributed by atoms with Gasteiger partial charge in [-0.15, -0.1) is 0 Å². The summed E-state index contributed by atoms with van der Waals surface area (Å²) in [6, 6.07) is 13.7. The van der Waals surface area contributed by atoms with E-state index in [4.69, 9.17) is 10.2 Å². The number of nitrogens with two attached hydrogens (primary N) is 1. The van der Waals surface area contributed by atoms with Gasteiger partial charge in [0.25, 0.3) is 0 Å². The predicted molar refractivity (Wildman–Crippen MR) is 87.4 cm³/mol. The molecule has 0 saturated heterocycles. The molecule has 2 N–H and O–H groups in total. The van der Waals surface area contributed by atoms with Crippen molar-refractivity contribution in [1.82, 2.24) is 4.98 Å². The van der Waals surface area contributed by atoms with Crippen LogP contribution in [-0.2, 0) is 0 Å². The van der Waals surface area contributed by atoms with E-state index in [1.54, 1.807) is 0 Å². The van der Waals surface area contributed by atoms with Gasteiger partial charge in [-0.3, -0.25) is 0 Å². The number of nitrogen functional groups attached to an aromatic ring is 1. The Balaban J connectivity index is 2.02. The minimum absolute atomic E-state index is 0.627. The monoisotopic (exact) mass is 281 g/mol. The molecule has 1 aromatic heterocycles. The molecule has 0 aliphatic rings. The number of anilines is 2. The second kappa shape index (κ2) is 5.48. The van der Waals surface area contributed by atoms with Gasteiger partial charge in [0, 0.05) is 30.0 Å². The van der Waals surface area contributed by atoms with Crippen LogP contribution in [0.5, 0.6) is 0 Å². The molecule has 4 nitrogen and oxygen atoms in total. The Labute approximate surface area is 124 Å². The summed E-state index contributed by atoms with van der Waals surface area (Å²) < 4.78 is 5.83. The van der Waals surface area contributed by atoms with Gasteiger partial charge in [0.15, 0.2) is 5.58 Å². The van der Waals surface area contributed by atoms with Crippen molar-refractivity contribution < 1.29 is 4.42 Å². The van der Waals surface area contributed by atoms with Gasteiger partial charge in [0.2, 0.25) is 5.89 Å². The second-order valence-electron chi connectivity index (χ2n) is 4.97. The average molecular weight is 281 g/mol. The Kier molecular flexibility index (Phi) is 3.52. The average Bonchev–Trinajstić information content (AvgIpc) is 2.92. The van der Waals surface area contributed by atoms with E-state index < -0.39 is 0 Å². The summed E-state index contributed by atoms with van der Waals surface area (Å²) in [6.45, 7) is 6.25. The maximum atomic E-state index is 5.83. The fourth-order valence-electron chi connectivity index (χ4n) is 2.45. The molecular weight excluding hydrogens is 262 g/mol. The molecule has 0 radical (unpaired) electrons. The summed E-state index contributed by atoms with van der Waals surface area (Å²) in [5.41, 5.74) is 10.2. The lowest BCUT2D eigenvalue weighted by Crippen LogP contribution is -2.21. The van der Waals surface area contributed by atoms with Crippen LogP contribution >= 0.6 is 0 Å². The quantitative estimate of drug-likeness (QED) is 0.736. The molecule has 0 aliphatic carbocycles. The fraction of sp³-hybridized carbons (Fsp3) is 0.235. The Morgan fingerprint density at radius 2 is 1.76 bits per heavy atom. The minimum Gasteiger partial charge on any atom is -0.436 e. The Morgan fingerprint density at radius 1 is 1.05 bits per heavy atom. The highest BCUT2D eigenvalue weighted by Crippen LogP contribution is 2.27. The minimum atomic E-state index is 0.627. The molecule has 0 spiro atoms. The van der Waals surface area contributed by atoms with Crippen LogP contribution in [0, 0.1) is 0 Å². The van der Waals surface area contributed by atoms with Crippen LogP contribution in [-0.4, -0.2) is 18.1 Å². The summed E-state index contributed by atoms with van der Waals surface area (Å²) >= 11 is 0. The fourth-order valence-corrected chi connectivity index (χ4v) is 2.45. The van der Waals surface area contributed by atoms with Crippen molar-refractivity contribution in [3.8, 4) is 11.5 Å². The van der Waals surface area contributed by atoms with Gasteiger partial charge >= 0.3 is 0 Å². The van der Waals surface area contributed by atoms with Gasteiger partial charge in [-0.05, 0) is 56.3 Å². The zero-order chi connectivity index (χ0) is 14.8. The SMILES string of the molecule is CCN(CC)c1ccc2oc(-c3ccc(N)cc3)nc2c1. The number of aromatic nitrogens is 1. The molecule has 4 heteroatoms. The normalized spacial score (nSPS) is 11.0. The summed E-state index contributed by atoms with van der Waals surface area (Å²) in [7, 11) is 0. The van der Waals surface area contributed by atoms with E-state index in [0.29, 0.717) is 5.89 Å². The molecule has 2 aromatic carbocycles. The maximum absolute atomic E-state index is 5.83. The van der Waals surface area contributed by atoms with Crippen molar-refractivity contribution >= 4 is 22.5 Å². The smallest absolute Gasteiger partial charge is 0.227 e. The molecule has 21 heavy (non-hydrogen) atoms. The van der Waals surface area contributed by atoms with Crippen LogP contribution in [0.2, 0.25) is 0 Å². The number of hydrogen-bond acceptors (Lipinski definition) is 4. The van der Waals surface area contributed by atoms with Gasteiger partial charge in [0.05, 0.1) is 0 Å². The molecule has 0 amide bonds. The van der Waals surface area contributed by atoms with Crippen LogP contribution in [0.25, 0.3) is 22.6 Å². The number of fused-ring (bicyclic) bond motifs is 1. The van der Waals surface area contributed by atoms with Gasteiger partial charge in [-0.2, -0.15) is 0 Å². The highest BCUT2D eigenvalue weighted by Gasteiger charge is 2.10. The molecule has 0 fully saturated rings. The molecule has 0 saturated carbocycles. The van der Waals surface area contributed by atoms with Crippen molar-refractivity contribution in [2.24, 2.45) is 0 Å². The van der Waals surface area contributed by atoms with Gasteiger partial charge in [-0.1, -0.05) is 0 Å². The molecule has 0 aliphatic heterocycles. The van der Waals surface area contributed by atoms with Gasteiger partial charge < -0.3 is 15.1 Å². The lowest BCUT2D eigenvalue weighted by Gasteiger charge is -2.20. The summed E-state index contributed by atoms with van der Waals surface area (Å²) in [6.07, 6.45) is 0. The van der Waals surface area contributed by atoms with E-state index in [0.717, 1.165) is 35.4 Å². The molecule has 3 rings (SSSR count). The van der Waals surface area contributed by atoms with E-state index in [9.17, 15) is 0 Å². The predicted octanol–water partition coefficient (Wildman–Crippen LogP) is 3.92. The van der Waals surface area contributed by atoms with Crippen LogP contribution in [0.4, 0.5) is 11.4 Å². The number of rotatable bonds is 4. The standard InChI is InChI=1S/C17H19N3O/c1-3-20(4-2)14-9-10-16-15(11-14)19-17(21-16)12-5-7-13(18)8-6-12/h5-11H,3-4,18H2,1-2H3. The first kappa shape index (κ1) is 13.5. The topological polar surface area (TPSA) is 55.3 Å². The van der Waals surface area contributed by atoms with E-state index in [1.165, 1.54) is 5.69 Å². The van der Waals surface area contributed by atoms with Crippen LogP contribution in [0.15, 0.2) is 46.9 Å². The van der Waals surface area contributed by atoms with Crippen LogP contribution in [0.3, 0.4) is 0 Å². The number of oxazole rings is 1. The molecule has 0 bridgehead atoms. The first-order valence-electron chi connectivity index (χ1n) is 7.22. The number of nitrogens with zero attached hydrogens (tertiary/aromatic N) is 2. The van der Waals surface area contributed by atoms with Gasteiger partial charge in [-0.25, -0.2) is 4.98 Å². The molecule has 1 heterocycles. The van der Waals surface area contributed by atoms with Crippen molar-refractivity contribution in [3.05, 3.63) is 42.5 Å². The van der Waals surface area contributed by atoms with E-state index in [2.05, 4.69) is 35.9 Å². The lowest BCUT2D eigenvalue weighted by molar-refractivity contribution is 0.620. The van der Waals surface area contributed by atoms with Crippen molar-refractivity contribution in [2.45, 2.75) is 13.8 Å². The molecule has 3 aromatic rings. The second-order valence-corrected chi connectivity index (χ2v) is 4.97. The first-order valence-corrected chi connectivity index (χ1v) is 7.22. The van der Waals surface area contributed by atoms with Crippen LogP contribution in [0.1, 0.15) is 13.8 Å². The Bertz CT molecular complexity index is 742. The third-order valence-corrected chi connectivity index (χ3v) is 3.66. The largest absolute Gasteiger partial charge is 0.436 e. The third-order valence-electron chi connectivity index (χ3n) is 3.66. The van der Waals surface area contributed by atoms with E-state index in [-0.39, 0.29) is 0 Å². The summed E-state index contributed by atoms with van der Waals surface area (Å²) in [5, 5.41) is 0. The third kappa shape index (κ3) is 2.57. The first-order chi connectivity index (χ1) is 10.2. The highest BCUT2D eigenvalue weighted by molar-refractivity contribution is 5.80. The maximum Gasteiger partial charge on any atom is 0.227 e. The lowest BCUT2D eigenvalue weighted by atomic mass is 10.2. The van der Waals surface area contributed by atoms with Crippen molar-refractivity contribution in [1.29, 1.82) is 0 Å². The summed E-state index contributed by atoms with van der Waals surface area (Å²) in [5.74, 6) is 0.627. The van der Waals surface area contributed by atoms with E-state index in [1.807, 2.05) is 30.3 Å².